The highest BCUT2D eigenvalue weighted by Crippen LogP contribution is 2.37. The van der Waals surface area contributed by atoms with Crippen LogP contribution in [0.25, 0.3) is 0 Å². The molecule has 2 aliphatic rings. The Morgan fingerprint density at radius 2 is 1.86 bits per heavy atom. The molecule has 2 aliphatic heterocycles. The van der Waals surface area contributed by atoms with Gasteiger partial charge in [-0.25, -0.2) is 9.59 Å². The second-order valence-corrected chi connectivity index (χ2v) is 7.10. The molecule has 0 fully saturated rings. The molecule has 0 saturated heterocycles. The number of hydrogen-bond donors (Lipinski definition) is 2. The molecule has 2 aromatic carbocycles. The van der Waals surface area contributed by atoms with Crippen molar-refractivity contribution in [2.24, 2.45) is 0 Å². The number of hydrogen-bond acceptors (Lipinski definition) is 4. The Morgan fingerprint density at radius 3 is 2.62 bits per heavy atom. The van der Waals surface area contributed by atoms with Gasteiger partial charge in [-0.3, -0.25) is 9.69 Å². The smallest absolute Gasteiger partial charge is 0.338 e. The van der Waals surface area contributed by atoms with Crippen LogP contribution in [0.4, 0.5) is 4.79 Å². The number of urea groups is 1. The van der Waals surface area contributed by atoms with Crippen LogP contribution in [0.2, 0.25) is 5.02 Å². The molecule has 8 heteroatoms. The second-order valence-electron chi connectivity index (χ2n) is 6.69. The molecule has 1 atom stereocenters. The molecular weight excluding hydrogens is 394 g/mol. The normalized spacial score (nSPS) is 18.2. The Hall–Kier alpha value is -3.32. The summed E-state index contributed by atoms with van der Waals surface area (Å²) in [5, 5.41) is 5.98. The molecule has 0 bridgehead atoms. The van der Waals surface area contributed by atoms with Crippen molar-refractivity contribution in [1.29, 1.82) is 0 Å². The highest BCUT2D eigenvalue weighted by Gasteiger charge is 2.43. The minimum Gasteiger partial charge on any atom is -0.456 e. The summed E-state index contributed by atoms with van der Waals surface area (Å²) < 4.78 is 5.16. The van der Waals surface area contributed by atoms with Gasteiger partial charge in [-0.1, -0.05) is 60.1 Å². The fourth-order valence-corrected chi connectivity index (χ4v) is 3.66. The largest absolute Gasteiger partial charge is 0.456 e. The zero-order valence-electron chi connectivity index (χ0n) is 15.4. The monoisotopic (exact) mass is 411 g/mol. The fourth-order valence-electron chi connectivity index (χ4n) is 3.42. The zero-order chi connectivity index (χ0) is 20.4. The molecule has 0 aliphatic carbocycles. The van der Waals surface area contributed by atoms with Crippen LogP contribution in [0.5, 0.6) is 0 Å². The van der Waals surface area contributed by atoms with Gasteiger partial charge in [0.2, 0.25) is 5.91 Å². The predicted molar refractivity (Wildman–Crippen MR) is 106 cm³/mol. The van der Waals surface area contributed by atoms with Gasteiger partial charge in [0.1, 0.15) is 13.2 Å². The van der Waals surface area contributed by atoms with Crippen LogP contribution in [0.15, 0.2) is 65.9 Å². The first-order valence-electron chi connectivity index (χ1n) is 9.08. The summed E-state index contributed by atoms with van der Waals surface area (Å²) in [6, 6.07) is 15.2. The van der Waals surface area contributed by atoms with Crippen LogP contribution in [-0.2, 0) is 20.9 Å². The number of benzene rings is 2. The van der Waals surface area contributed by atoms with Crippen LogP contribution >= 0.6 is 11.6 Å². The second kappa shape index (κ2) is 7.97. The van der Waals surface area contributed by atoms with Crippen molar-refractivity contribution < 1.29 is 19.1 Å². The lowest BCUT2D eigenvalue weighted by molar-refractivity contribution is -0.136. The summed E-state index contributed by atoms with van der Waals surface area (Å²) in [6.07, 6.45) is 0. The number of ether oxygens (including phenoxy) is 1. The maximum Gasteiger partial charge on any atom is 0.338 e. The number of carbonyl (C=O) groups excluding carboxylic acids is 3. The molecule has 0 radical (unpaired) electrons. The SMILES string of the molecule is O=C(CN1C(=O)N[C@@H](c2ccccc2Cl)C2=C1COC2=O)NCc1ccccc1. The molecule has 2 N–H and O–H groups in total. The highest BCUT2D eigenvalue weighted by atomic mass is 35.5. The van der Waals surface area contributed by atoms with E-state index < -0.39 is 18.0 Å². The topological polar surface area (TPSA) is 87.7 Å². The van der Waals surface area contributed by atoms with Gasteiger partial charge in [-0.15, -0.1) is 0 Å². The Bertz CT molecular complexity index is 1010. The molecule has 3 amide bonds. The Kier molecular flexibility index (Phi) is 5.22. The molecule has 2 aromatic rings. The molecule has 0 saturated carbocycles. The van der Waals surface area contributed by atoms with E-state index >= 15 is 0 Å². The van der Waals surface area contributed by atoms with Crippen molar-refractivity contribution in [2.75, 3.05) is 13.2 Å². The molecule has 148 valence electrons. The van der Waals surface area contributed by atoms with Crippen LogP contribution in [-0.4, -0.2) is 36.0 Å². The Labute approximate surface area is 172 Å². The summed E-state index contributed by atoms with van der Waals surface area (Å²) in [6.45, 7) is 0.0661. The van der Waals surface area contributed by atoms with E-state index in [0.717, 1.165) is 5.56 Å². The minimum atomic E-state index is -0.718. The van der Waals surface area contributed by atoms with Crippen molar-refractivity contribution in [1.82, 2.24) is 15.5 Å². The van der Waals surface area contributed by atoms with Crippen LogP contribution in [0.3, 0.4) is 0 Å². The van der Waals surface area contributed by atoms with E-state index in [9.17, 15) is 14.4 Å². The van der Waals surface area contributed by atoms with Crippen molar-refractivity contribution in [2.45, 2.75) is 12.6 Å². The molecule has 0 aromatic heterocycles. The molecular formula is C21H18ClN3O4. The zero-order valence-corrected chi connectivity index (χ0v) is 16.1. The van der Waals surface area contributed by atoms with Gasteiger partial charge in [0.25, 0.3) is 0 Å². The Balaban J connectivity index is 1.55. The summed E-state index contributed by atoms with van der Waals surface area (Å²) in [5.41, 5.74) is 2.23. The first-order chi connectivity index (χ1) is 14.0. The standard InChI is InChI=1S/C21H18ClN3O4/c22-15-9-5-4-8-14(15)19-18-16(12-29-20(18)27)25(21(28)24-19)11-17(26)23-10-13-6-2-1-3-7-13/h1-9,19H,10-12H2,(H,23,26)(H,24,28)/t19-/m0/s1. The van der Waals surface area contributed by atoms with Crippen LogP contribution < -0.4 is 10.6 Å². The number of cyclic esters (lactones) is 1. The number of amides is 3. The van der Waals surface area contributed by atoms with Gasteiger partial charge >= 0.3 is 12.0 Å². The van der Waals surface area contributed by atoms with E-state index in [4.69, 9.17) is 16.3 Å². The van der Waals surface area contributed by atoms with Gasteiger partial charge in [-0.05, 0) is 17.2 Å². The summed E-state index contributed by atoms with van der Waals surface area (Å²) in [5.74, 6) is -0.869. The lowest BCUT2D eigenvalue weighted by atomic mass is 9.95. The van der Waals surface area contributed by atoms with Gasteiger partial charge in [-0.2, -0.15) is 0 Å². The lowest BCUT2D eigenvalue weighted by Crippen LogP contribution is -2.50. The maximum atomic E-state index is 12.7. The molecule has 7 nitrogen and oxygen atoms in total. The Morgan fingerprint density at radius 1 is 1.14 bits per heavy atom. The van der Waals surface area contributed by atoms with Crippen molar-refractivity contribution in [3.05, 3.63) is 82.0 Å². The molecule has 2 heterocycles. The molecule has 0 unspecified atom stereocenters. The number of carbonyl (C=O) groups is 3. The number of nitrogens with one attached hydrogen (secondary N) is 2. The third-order valence-electron chi connectivity index (χ3n) is 4.85. The minimum absolute atomic E-state index is 0.0610. The van der Waals surface area contributed by atoms with Gasteiger partial charge in [0.05, 0.1) is 17.3 Å². The number of nitrogens with zero attached hydrogens (tertiary/aromatic N) is 1. The van der Waals surface area contributed by atoms with Gasteiger partial charge < -0.3 is 15.4 Å². The van der Waals surface area contributed by atoms with Crippen molar-refractivity contribution in [3.63, 3.8) is 0 Å². The van der Waals surface area contributed by atoms with E-state index in [2.05, 4.69) is 10.6 Å². The van der Waals surface area contributed by atoms with Crippen molar-refractivity contribution in [3.8, 4) is 0 Å². The summed E-state index contributed by atoms with van der Waals surface area (Å²) >= 11 is 6.26. The molecule has 4 rings (SSSR count). The fraction of sp³-hybridized carbons (Fsp3) is 0.190. The quantitative estimate of drug-likeness (QED) is 0.740. The average Bonchev–Trinajstić information content (AvgIpc) is 3.11. The third-order valence-corrected chi connectivity index (χ3v) is 5.19. The van der Waals surface area contributed by atoms with Crippen LogP contribution in [0.1, 0.15) is 17.2 Å². The number of esters is 1. The first-order valence-corrected chi connectivity index (χ1v) is 9.45. The van der Waals surface area contributed by atoms with E-state index in [0.29, 0.717) is 28.4 Å². The number of rotatable bonds is 5. The predicted octanol–water partition coefficient (Wildman–Crippen LogP) is 2.53. The maximum absolute atomic E-state index is 12.7. The van der Waals surface area contributed by atoms with E-state index in [1.165, 1.54) is 4.90 Å². The summed E-state index contributed by atoms with van der Waals surface area (Å²) in [4.78, 5) is 38.7. The molecule has 29 heavy (non-hydrogen) atoms. The van der Waals surface area contributed by atoms with Crippen molar-refractivity contribution >= 4 is 29.5 Å². The van der Waals surface area contributed by atoms with E-state index in [1.54, 1.807) is 24.3 Å². The van der Waals surface area contributed by atoms with Gasteiger partial charge in [0.15, 0.2) is 0 Å². The molecule has 0 spiro atoms. The first kappa shape index (κ1) is 19.0. The van der Waals surface area contributed by atoms with Crippen LogP contribution in [0, 0.1) is 0 Å². The lowest BCUT2D eigenvalue weighted by Gasteiger charge is -2.32. The number of halogens is 1. The summed E-state index contributed by atoms with van der Waals surface area (Å²) in [7, 11) is 0. The van der Waals surface area contributed by atoms with E-state index in [1.807, 2.05) is 30.3 Å². The average molecular weight is 412 g/mol. The van der Waals surface area contributed by atoms with E-state index in [-0.39, 0.29) is 19.1 Å². The highest BCUT2D eigenvalue weighted by molar-refractivity contribution is 6.31. The van der Waals surface area contributed by atoms with Gasteiger partial charge in [0, 0.05) is 11.6 Å². The third kappa shape index (κ3) is 3.82.